The van der Waals surface area contributed by atoms with Crippen LogP contribution in [0.1, 0.15) is 35.8 Å². The number of carbonyl (C=O) groups excluding carboxylic acids is 2. The number of likely N-dealkylation sites (N-methyl/N-ethyl adjacent to an activating group) is 1. The number of non-ortho nitro benzene ring substituents is 1. The number of hydrogen-bond donors (Lipinski definition) is 0. The molecular weight excluding hydrogens is 415 g/mol. The maximum Gasteiger partial charge on any atom is 0.269 e. The second-order valence-corrected chi connectivity index (χ2v) is 8.03. The van der Waals surface area contributed by atoms with Crippen molar-refractivity contribution in [1.29, 1.82) is 0 Å². The third-order valence-corrected chi connectivity index (χ3v) is 5.94. The molecule has 1 heterocycles. The predicted octanol–water partition coefficient (Wildman–Crippen LogP) is 3.28. The van der Waals surface area contributed by atoms with Crippen LogP contribution in [0, 0.1) is 15.9 Å². The topological polar surface area (TPSA) is 87.0 Å². The lowest BCUT2D eigenvalue weighted by Gasteiger charge is -2.37. The van der Waals surface area contributed by atoms with Crippen LogP contribution in [0.4, 0.5) is 15.8 Å². The largest absolute Gasteiger partial charge is 0.366 e. The molecule has 0 spiro atoms. The van der Waals surface area contributed by atoms with E-state index < -0.39 is 10.7 Å². The van der Waals surface area contributed by atoms with Gasteiger partial charge in [-0.2, -0.15) is 0 Å². The Kier molecular flexibility index (Phi) is 7.19. The van der Waals surface area contributed by atoms with Gasteiger partial charge in [-0.1, -0.05) is 12.1 Å². The highest BCUT2D eigenvalue weighted by molar-refractivity contribution is 5.94. The zero-order valence-electron chi connectivity index (χ0n) is 18.5. The third-order valence-electron chi connectivity index (χ3n) is 5.94. The van der Waals surface area contributed by atoms with Gasteiger partial charge in [0.25, 0.3) is 5.69 Å². The molecule has 8 nitrogen and oxygen atoms in total. The molecule has 2 aromatic carbocycles. The van der Waals surface area contributed by atoms with Crippen molar-refractivity contribution in [3.05, 3.63) is 69.5 Å². The van der Waals surface area contributed by atoms with E-state index in [1.807, 2.05) is 29.8 Å². The van der Waals surface area contributed by atoms with E-state index in [2.05, 4.69) is 0 Å². The number of benzene rings is 2. The molecular formula is C23H27FN4O4. The summed E-state index contributed by atoms with van der Waals surface area (Å²) >= 11 is 0. The highest BCUT2D eigenvalue weighted by Gasteiger charge is 2.25. The highest BCUT2D eigenvalue weighted by atomic mass is 19.1. The smallest absolute Gasteiger partial charge is 0.269 e. The second-order valence-electron chi connectivity index (χ2n) is 8.03. The van der Waals surface area contributed by atoms with Crippen LogP contribution in [0.5, 0.6) is 0 Å². The number of nitro groups is 1. The first kappa shape index (κ1) is 23.3. The molecule has 1 atom stereocenters. The van der Waals surface area contributed by atoms with Crippen molar-refractivity contribution in [3.63, 3.8) is 0 Å². The number of nitro benzene ring substituents is 1. The summed E-state index contributed by atoms with van der Waals surface area (Å²) in [5, 5.41) is 11.0. The Hall–Kier alpha value is -3.33. The zero-order chi connectivity index (χ0) is 23.4. The Morgan fingerprint density at radius 3 is 2.44 bits per heavy atom. The molecule has 1 amide bonds. The van der Waals surface area contributed by atoms with Gasteiger partial charge >= 0.3 is 0 Å². The number of nitrogens with zero attached hydrogens (tertiary/aromatic N) is 4. The summed E-state index contributed by atoms with van der Waals surface area (Å²) < 4.78 is 14.4. The van der Waals surface area contributed by atoms with E-state index in [-0.39, 0.29) is 30.0 Å². The Morgan fingerprint density at radius 1 is 1.16 bits per heavy atom. The monoisotopic (exact) mass is 442 g/mol. The van der Waals surface area contributed by atoms with Gasteiger partial charge in [0.1, 0.15) is 5.82 Å². The Morgan fingerprint density at radius 2 is 1.84 bits per heavy atom. The van der Waals surface area contributed by atoms with Crippen LogP contribution in [-0.2, 0) is 4.79 Å². The van der Waals surface area contributed by atoms with Crippen molar-refractivity contribution in [1.82, 2.24) is 9.80 Å². The van der Waals surface area contributed by atoms with E-state index in [4.69, 9.17) is 0 Å². The molecule has 170 valence electrons. The summed E-state index contributed by atoms with van der Waals surface area (Å²) in [5.74, 6) is -0.672. The molecule has 1 fully saturated rings. The van der Waals surface area contributed by atoms with E-state index >= 15 is 0 Å². The highest BCUT2D eigenvalue weighted by Crippen LogP contribution is 2.24. The number of amides is 1. The molecule has 0 bridgehead atoms. The maximum atomic E-state index is 14.4. The number of halogens is 1. The quantitative estimate of drug-likeness (QED) is 0.372. The molecule has 0 saturated carbocycles. The Labute approximate surface area is 186 Å². The fourth-order valence-corrected chi connectivity index (χ4v) is 3.78. The van der Waals surface area contributed by atoms with E-state index in [1.54, 1.807) is 23.1 Å². The van der Waals surface area contributed by atoms with Gasteiger partial charge < -0.3 is 9.80 Å². The summed E-state index contributed by atoms with van der Waals surface area (Å²) in [6.45, 7) is 5.38. The summed E-state index contributed by atoms with van der Waals surface area (Å²) in [4.78, 5) is 40.3. The molecule has 9 heteroatoms. The molecule has 2 aromatic rings. The fourth-order valence-electron chi connectivity index (χ4n) is 3.78. The van der Waals surface area contributed by atoms with Crippen molar-refractivity contribution in [2.45, 2.75) is 19.9 Å². The van der Waals surface area contributed by atoms with Crippen LogP contribution < -0.4 is 4.90 Å². The van der Waals surface area contributed by atoms with Gasteiger partial charge in [-0.3, -0.25) is 24.6 Å². The van der Waals surface area contributed by atoms with Gasteiger partial charge in [-0.25, -0.2) is 4.39 Å². The lowest BCUT2D eigenvalue weighted by Crippen LogP contribution is -2.51. The van der Waals surface area contributed by atoms with Gasteiger partial charge in [0.2, 0.25) is 5.91 Å². The van der Waals surface area contributed by atoms with Crippen molar-refractivity contribution >= 4 is 23.1 Å². The van der Waals surface area contributed by atoms with Gasteiger partial charge in [0.15, 0.2) is 5.78 Å². The molecule has 3 rings (SSSR count). The van der Waals surface area contributed by atoms with E-state index in [1.165, 1.54) is 25.1 Å². The third kappa shape index (κ3) is 5.28. The van der Waals surface area contributed by atoms with Crippen LogP contribution in [0.2, 0.25) is 0 Å². The molecule has 1 saturated heterocycles. The predicted molar refractivity (Wildman–Crippen MR) is 119 cm³/mol. The summed E-state index contributed by atoms with van der Waals surface area (Å²) in [6, 6.07) is 10.7. The van der Waals surface area contributed by atoms with Crippen molar-refractivity contribution in [3.8, 4) is 0 Å². The Balaban J connectivity index is 1.57. The van der Waals surface area contributed by atoms with Crippen LogP contribution in [-0.4, -0.2) is 66.2 Å². The molecule has 0 radical (unpaired) electrons. The fraction of sp³-hybridized carbons (Fsp3) is 0.391. The number of piperazine rings is 1. The minimum Gasteiger partial charge on any atom is -0.366 e. The standard InChI is InChI=1S/C23H27FN4O4/c1-16(18-5-4-6-20(13-18)28(31)32)25(3)15-23(30)27-11-9-26(10-12-27)22-8-7-19(17(2)29)14-21(22)24/h4-8,13-14,16H,9-12,15H2,1-3H3. The zero-order valence-corrected chi connectivity index (χ0v) is 18.5. The van der Waals surface area contributed by atoms with Gasteiger partial charge in [0.05, 0.1) is 17.2 Å². The SMILES string of the molecule is CC(=O)c1ccc(N2CCN(C(=O)CN(C)C(C)c3cccc([N+](=O)[O-])c3)CC2)c(F)c1. The number of ketones is 1. The minimum atomic E-state index is -0.442. The molecule has 1 aliphatic heterocycles. The molecule has 0 aliphatic carbocycles. The van der Waals surface area contributed by atoms with Crippen LogP contribution in [0.25, 0.3) is 0 Å². The lowest BCUT2D eigenvalue weighted by atomic mass is 10.1. The first-order valence-corrected chi connectivity index (χ1v) is 10.4. The van der Waals surface area contributed by atoms with Gasteiger partial charge in [0, 0.05) is 49.9 Å². The van der Waals surface area contributed by atoms with Crippen molar-refractivity contribution in [2.24, 2.45) is 0 Å². The summed E-state index contributed by atoms with van der Waals surface area (Å²) in [5.41, 5.74) is 1.55. The van der Waals surface area contributed by atoms with E-state index in [0.29, 0.717) is 37.4 Å². The number of anilines is 1. The number of Topliss-reactive ketones (excluding diaryl/α,β-unsaturated/α-hetero) is 1. The molecule has 1 unspecified atom stereocenters. The molecule has 0 N–H and O–H groups in total. The van der Waals surface area contributed by atoms with Crippen molar-refractivity contribution in [2.75, 3.05) is 44.7 Å². The van der Waals surface area contributed by atoms with Crippen LogP contribution >= 0.6 is 0 Å². The number of carbonyl (C=O) groups is 2. The Bertz CT molecular complexity index is 1020. The average molecular weight is 442 g/mol. The normalized spacial score (nSPS) is 15.0. The molecule has 1 aliphatic rings. The summed E-state index contributed by atoms with van der Waals surface area (Å²) in [7, 11) is 1.81. The van der Waals surface area contributed by atoms with E-state index in [0.717, 1.165) is 5.56 Å². The summed E-state index contributed by atoms with van der Waals surface area (Å²) in [6.07, 6.45) is 0. The number of hydrogen-bond acceptors (Lipinski definition) is 6. The average Bonchev–Trinajstić information content (AvgIpc) is 2.78. The second kappa shape index (κ2) is 9.86. The van der Waals surface area contributed by atoms with Gasteiger partial charge in [-0.05, 0) is 44.7 Å². The maximum absolute atomic E-state index is 14.4. The van der Waals surface area contributed by atoms with Crippen LogP contribution in [0.3, 0.4) is 0 Å². The lowest BCUT2D eigenvalue weighted by molar-refractivity contribution is -0.384. The first-order valence-electron chi connectivity index (χ1n) is 10.4. The molecule has 0 aromatic heterocycles. The van der Waals surface area contributed by atoms with Crippen LogP contribution in [0.15, 0.2) is 42.5 Å². The first-order chi connectivity index (χ1) is 15.2. The van der Waals surface area contributed by atoms with Gasteiger partial charge in [-0.15, -0.1) is 0 Å². The number of rotatable bonds is 7. The van der Waals surface area contributed by atoms with E-state index in [9.17, 15) is 24.1 Å². The molecule has 32 heavy (non-hydrogen) atoms. The van der Waals surface area contributed by atoms with Crippen molar-refractivity contribution < 1.29 is 18.9 Å². The minimum absolute atomic E-state index is 0.0220.